The molecule has 0 aliphatic carbocycles. The zero-order chi connectivity index (χ0) is 10.8. The Morgan fingerprint density at radius 3 is 2.47 bits per heavy atom. The van der Waals surface area contributed by atoms with Crippen LogP contribution in [0.1, 0.15) is 32.6 Å². The Labute approximate surface area is 97.7 Å². The van der Waals surface area contributed by atoms with Crippen molar-refractivity contribution in [3.8, 4) is 0 Å². The standard InChI is InChI=1S/C12H21ClN2/c1-3-14-10-6-11-4-5-12(7-10)15(11)8-9(2)13/h10-12,14H,2-8H2,1H3. The smallest absolute Gasteiger partial charge is 0.0341 e. The molecule has 2 fully saturated rings. The SMILES string of the molecule is C=C(Cl)CN1C2CCC1CC(NCC)C2. The van der Waals surface area contributed by atoms with Crippen molar-refractivity contribution in [2.45, 2.75) is 50.7 Å². The van der Waals surface area contributed by atoms with Gasteiger partial charge in [-0.25, -0.2) is 0 Å². The molecule has 2 unspecified atom stereocenters. The van der Waals surface area contributed by atoms with Gasteiger partial charge in [-0.1, -0.05) is 25.1 Å². The van der Waals surface area contributed by atoms with Gasteiger partial charge in [0.15, 0.2) is 0 Å². The fourth-order valence-corrected chi connectivity index (χ4v) is 3.32. The van der Waals surface area contributed by atoms with E-state index in [0.29, 0.717) is 0 Å². The van der Waals surface area contributed by atoms with Gasteiger partial charge in [-0.3, -0.25) is 4.90 Å². The summed E-state index contributed by atoms with van der Waals surface area (Å²) in [5, 5.41) is 4.36. The Hall–Kier alpha value is -0.0500. The zero-order valence-electron chi connectivity index (χ0n) is 9.51. The summed E-state index contributed by atoms with van der Waals surface area (Å²) in [6.45, 7) is 7.97. The summed E-state index contributed by atoms with van der Waals surface area (Å²) < 4.78 is 0. The third kappa shape index (κ3) is 2.55. The van der Waals surface area contributed by atoms with E-state index in [9.17, 15) is 0 Å². The first-order chi connectivity index (χ1) is 7.20. The molecule has 0 aromatic heterocycles. The summed E-state index contributed by atoms with van der Waals surface area (Å²) in [4.78, 5) is 2.56. The van der Waals surface area contributed by atoms with Gasteiger partial charge in [-0.15, -0.1) is 0 Å². The average Bonchev–Trinajstić information content (AvgIpc) is 2.43. The Morgan fingerprint density at radius 1 is 1.40 bits per heavy atom. The van der Waals surface area contributed by atoms with E-state index in [1.54, 1.807) is 0 Å². The van der Waals surface area contributed by atoms with Crippen molar-refractivity contribution in [2.75, 3.05) is 13.1 Å². The largest absolute Gasteiger partial charge is 0.314 e. The molecule has 2 heterocycles. The fraction of sp³-hybridized carbons (Fsp3) is 0.833. The van der Waals surface area contributed by atoms with Crippen molar-refractivity contribution in [3.63, 3.8) is 0 Å². The van der Waals surface area contributed by atoms with Gasteiger partial charge in [0.2, 0.25) is 0 Å². The van der Waals surface area contributed by atoms with Crippen molar-refractivity contribution < 1.29 is 0 Å². The van der Waals surface area contributed by atoms with Crippen LogP contribution in [0.4, 0.5) is 0 Å². The summed E-state index contributed by atoms with van der Waals surface area (Å²) in [6.07, 6.45) is 5.26. The van der Waals surface area contributed by atoms with Crippen LogP contribution in [0.25, 0.3) is 0 Å². The molecule has 86 valence electrons. The highest BCUT2D eigenvalue weighted by Gasteiger charge is 2.40. The highest BCUT2D eigenvalue weighted by atomic mass is 35.5. The highest BCUT2D eigenvalue weighted by Crippen LogP contribution is 2.36. The predicted molar refractivity (Wildman–Crippen MR) is 65.2 cm³/mol. The number of nitrogens with one attached hydrogen (secondary N) is 1. The molecule has 2 bridgehead atoms. The maximum atomic E-state index is 5.92. The van der Waals surface area contributed by atoms with E-state index in [1.165, 1.54) is 25.7 Å². The lowest BCUT2D eigenvalue weighted by Gasteiger charge is -2.39. The molecule has 2 atom stereocenters. The normalized spacial score (nSPS) is 35.7. The second-order valence-electron chi connectivity index (χ2n) is 4.80. The minimum absolute atomic E-state index is 0.729. The molecule has 0 aromatic carbocycles. The number of fused-ring (bicyclic) bond motifs is 2. The van der Waals surface area contributed by atoms with Crippen LogP contribution >= 0.6 is 11.6 Å². The number of nitrogens with zero attached hydrogens (tertiary/aromatic N) is 1. The first-order valence-corrected chi connectivity index (χ1v) is 6.41. The third-order valence-corrected chi connectivity index (χ3v) is 3.85. The van der Waals surface area contributed by atoms with E-state index in [1.807, 2.05) is 0 Å². The summed E-state index contributed by atoms with van der Waals surface area (Å²) >= 11 is 5.92. The first kappa shape index (κ1) is 11.4. The minimum atomic E-state index is 0.729. The van der Waals surface area contributed by atoms with Crippen LogP contribution in [0.2, 0.25) is 0 Å². The number of halogens is 1. The Bertz CT molecular complexity index is 228. The van der Waals surface area contributed by atoms with Crippen molar-refractivity contribution in [3.05, 3.63) is 11.6 Å². The Balaban J connectivity index is 1.94. The van der Waals surface area contributed by atoms with Crippen LogP contribution < -0.4 is 5.32 Å². The molecule has 15 heavy (non-hydrogen) atoms. The van der Waals surface area contributed by atoms with Gasteiger partial charge in [0, 0.05) is 29.7 Å². The second-order valence-corrected chi connectivity index (χ2v) is 5.34. The second kappa shape index (κ2) is 4.86. The maximum Gasteiger partial charge on any atom is 0.0341 e. The number of rotatable bonds is 4. The molecule has 2 nitrogen and oxygen atoms in total. The zero-order valence-corrected chi connectivity index (χ0v) is 10.3. The lowest BCUT2D eigenvalue weighted by molar-refractivity contribution is 0.131. The molecular weight excluding hydrogens is 208 g/mol. The quantitative estimate of drug-likeness (QED) is 0.795. The Kier molecular flexibility index (Phi) is 3.70. The van der Waals surface area contributed by atoms with E-state index in [-0.39, 0.29) is 0 Å². The van der Waals surface area contributed by atoms with E-state index in [4.69, 9.17) is 11.6 Å². The van der Waals surface area contributed by atoms with E-state index in [0.717, 1.165) is 36.2 Å². The van der Waals surface area contributed by atoms with E-state index < -0.39 is 0 Å². The molecule has 0 radical (unpaired) electrons. The van der Waals surface area contributed by atoms with E-state index >= 15 is 0 Å². The van der Waals surface area contributed by atoms with Gasteiger partial charge in [-0.2, -0.15) is 0 Å². The van der Waals surface area contributed by atoms with Crippen molar-refractivity contribution >= 4 is 11.6 Å². The molecule has 0 spiro atoms. The molecule has 0 amide bonds. The van der Waals surface area contributed by atoms with Crippen LogP contribution in [0.5, 0.6) is 0 Å². The fourth-order valence-electron chi connectivity index (χ4n) is 3.19. The highest BCUT2D eigenvalue weighted by molar-refractivity contribution is 6.29. The summed E-state index contributed by atoms with van der Waals surface area (Å²) in [6, 6.07) is 2.21. The van der Waals surface area contributed by atoms with Crippen molar-refractivity contribution in [1.29, 1.82) is 0 Å². The third-order valence-electron chi connectivity index (χ3n) is 3.73. The molecular formula is C12H21ClN2. The summed E-state index contributed by atoms with van der Waals surface area (Å²) in [7, 11) is 0. The predicted octanol–water partition coefficient (Wildman–Crippen LogP) is 2.34. The molecule has 2 rings (SSSR count). The summed E-state index contributed by atoms with van der Waals surface area (Å²) in [5.74, 6) is 0. The first-order valence-electron chi connectivity index (χ1n) is 6.03. The van der Waals surface area contributed by atoms with Gasteiger partial charge in [0.05, 0.1) is 0 Å². The minimum Gasteiger partial charge on any atom is -0.314 e. The van der Waals surface area contributed by atoms with Crippen LogP contribution in [-0.2, 0) is 0 Å². The number of hydrogen-bond donors (Lipinski definition) is 1. The molecule has 1 N–H and O–H groups in total. The molecule has 3 heteroatoms. The Morgan fingerprint density at radius 2 is 2.00 bits per heavy atom. The maximum absolute atomic E-state index is 5.92. The molecule has 2 aliphatic rings. The lowest BCUT2D eigenvalue weighted by atomic mass is 9.97. The lowest BCUT2D eigenvalue weighted by Crippen LogP contribution is -2.49. The molecule has 2 aliphatic heterocycles. The monoisotopic (exact) mass is 228 g/mol. The van der Waals surface area contributed by atoms with Crippen LogP contribution in [0.3, 0.4) is 0 Å². The summed E-state index contributed by atoms with van der Waals surface area (Å²) in [5.41, 5.74) is 0. The topological polar surface area (TPSA) is 15.3 Å². The van der Waals surface area contributed by atoms with E-state index in [2.05, 4.69) is 23.7 Å². The molecule has 0 saturated carbocycles. The van der Waals surface area contributed by atoms with Gasteiger partial charge >= 0.3 is 0 Å². The van der Waals surface area contributed by atoms with Crippen molar-refractivity contribution in [1.82, 2.24) is 10.2 Å². The van der Waals surface area contributed by atoms with Gasteiger partial charge in [-0.05, 0) is 32.2 Å². The van der Waals surface area contributed by atoms with Crippen LogP contribution in [-0.4, -0.2) is 36.1 Å². The van der Waals surface area contributed by atoms with Gasteiger partial charge in [0.1, 0.15) is 0 Å². The van der Waals surface area contributed by atoms with Crippen LogP contribution in [0, 0.1) is 0 Å². The average molecular weight is 229 g/mol. The van der Waals surface area contributed by atoms with Crippen LogP contribution in [0.15, 0.2) is 11.6 Å². The molecule has 0 aromatic rings. The van der Waals surface area contributed by atoms with Gasteiger partial charge in [0.25, 0.3) is 0 Å². The number of piperidine rings is 1. The molecule has 2 saturated heterocycles. The number of hydrogen-bond acceptors (Lipinski definition) is 2. The van der Waals surface area contributed by atoms with Gasteiger partial charge < -0.3 is 5.32 Å². The van der Waals surface area contributed by atoms with Crippen molar-refractivity contribution in [2.24, 2.45) is 0 Å².